The van der Waals surface area contributed by atoms with E-state index in [-0.39, 0.29) is 27.6 Å². The molecule has 192 valence electrons. The van der Waals surface area contributed by atoms with Crippen LogP contribution in [0.2, 0.25) is 5.02 Å². The van der Waals surface area contributed by atoms with Gasteiger partial charge in [0.05, 0.1) is 16.2 Å². The van der Waals surface area contributed by atoms with E-state index < -0.39 is 15.8 Å². The summed E-state index contributed by atoms with van der Waals surface area (Å²) in [5, 5.41) is 11.8. The van der Waals surface area contributed by atoms with E-state index in [4.69, 9.17) is 21.5 Å². The van der Waals surface area contributed by atoms with Crippen LogP contribution in [-0.2, 0) is 10.0 Å². The molecule has 0 unspecified atom stereocenters. The van der Waals surface area contributed by atoms with Crippen molar-refractivity contribution in [2.24, 2.45) is 5.14 Å². The number of anilines is 1. The lowest BCUT2D eigenvalue weighted by Crippen LogP contribution is -2.38. The Bertz CT molecular complexity index is 1540. The number of thiazole rings is 1. The molecule has 5 rings (SSSR count). The van der Waals surface area contributed by atoms with Gasteiger partial charge in [0.1, 0.15) is 9.77 Å². The lowest BCUT2D eigenvalue weighted by atomic mass is 10.1. The molecule has 0 aliphatic carbocycles. The summed E-state index contributed by atoms with van der Waals surface area (Å²) in [4.78, 5) is 13.5. The largest absolute Gasteiger partial charge is 0.434 e. The number of hydrogen-bond acceptors (Lipinski definition) is 9. The zero-order valence-corrected chi connectivity index (χ0v) is 21.7. The second-order valence-electron chi connectivity index (χ2n) is 8.35. The number of rotatable bonds is 7. The summed E-state index contributed by atoms with van der Waals surface area (Å²) in [6.07, 6.45) is 3.76. The zero-order valence-electron chi connectivity index (χ0n) is 19.3. The predicted octanol–water partition coefficient (Wildman–Crippen LogP) is 4.66. The van der Waals surface area contributed by atoms with Crippen molar-refractivity contribution in [3.63, 3.8) is 0 Å². The molecule has 1 aliphatic rings. The van der Waals surface area contributed by atoms with Gasteiger partial charge in [-0.15, -0.1) is 11.3 Å². The van der Waals surface area contributed by atoms with Gasteiger partial charge < -0.3 is 15.4 Å². The lowest BCUT2D eigenvalue weighted by Gasteiger charge is -2.23. The first kappa shape index (κ1) is 25.5. The summed E-state index contributed by atoms with van der Waals surface area (Å²) in [5.41, 5.74) is 2.88. The van der Waals surface area contributed by atoms with Gasteiger partial charge in [0.15, 0.2) is 11.6 Å². The van der Waals surface area contributed by atoms with Crippen LogP contribution in [0.1, 0.15) is 12.8 Å². The van der Waals surface area contributed by atoms with Crippen molar-refractivity contribution in [3.8, 4) is 33.3 Å². The van der Waals surface area contributed by atoms with Crippen molar-refractivity contribution in [2.75, 3.05) is 18.4 Å². The van der Waals surface area contributed by atoms with Gasteiger partial charge >= 0.3 is 0 Å². The Morgan fingerprint density at radius 2 is 2.08 bits per heavy atom. The molecule has 1 fully saturated rings. The zero-order chi connectivity index (χ0) is 26.0. The third-order valence-corrected chi connectivity index (χ3v) is 8.08. The minimum Gasteiger partial charge on any atom is -0.434 e. The average Bonchev–Trinajstić information content (AvgIpc) is 3.34. The number of hydrogen-bond donors (Lipinski definition) is 3. The van der Waals surface area contributed by atoms with E-state index in [2.05, 4.69) is 25.6 Å². The molecule has 1 atom stereocenters. The van der Waals surface area contributed by atoms with Gasteiger partial charge in [-0.3, -0.25) is 0 Å². The summed E-state index contributed by atoms with van der Waals surface area (Å²) >= 11 is 7.57. The molecule has 4 aromatic rings. The maximum absolute atomic E-state index is 15.1. The summed E-state index contributed by atoms with van der Waals surface area (Å²) in [7, 11) is -4.03. The Morgan fingerprint density at radius 3 is 2.84 bits per heavy atom. The number of piperidine rings is 1. The Labute approximate surface area is 222 Å². The fraction of sp³-hybridized carbons (Fsp3) is 0.208. The number of nitrogens with one attached hydrogen (secondary N) is 2. The van der Waals surface area contributed by atoms with Crippen molar-refractivity contribution >= 4 is 38.9 Å². The van der Waals surface area contributed by atoms with E-state index in [1.54, 1.807) is 29.9 Å². The van der Waals surface area contributed by atoms with Crippen LogP contribution >= 0.6 is 22.9 Å². The molecule has 2 aromatic heterocycles. The second kappa shape index (κ2) is 10.7. The molecule has 1 saturated heterocycles. The molecule has 3 heterocycles. The topological polar surface area (TPSA) is 132 Å². The molecule has 0 saturated carbocycles. The molecule has 0 bridgehead atoms. The van der Waals surface area contributed by atoms with Crippen LogP contribution in [-0.4, -0.2) is 42.5 Å². The highest BCUT2D eigenvalue weighted by Crippen LogP contribution is 2.38. The van der Waals surface area contributed by atoms with Gasteiger partial charge in [-0.2, -0.15) is 0 Å². The van der Waals surface area contributed by atoms with Crippen molar-refractivity contribution < 1.29 is 17.5 Å². The molecule has 0 amide bonds. The number of benzene rings is 2. The smallest absolute Gasteiger partial charge is 0.239 e. The maximum atomic E-state index is 15.1. The summed E-state index contributed by atoms with van der Waals surface area (Å²) in [5.74, 6) is -0.0340. The summed E-state index contributed by atoms with van der Waals surface area (Å²) < 4.78 is 44.5. The van der Waals surface area contributed by atoms with Gasteiger partial charge in [0.2, 0.25) is 21.9 Å². The number of nitrogens with zero attached hydrogens (tertiary/aromatic N) is 3. The molecule has 0 radical (unpaired) electrons. The summed E-state index contributed by atoms with van der Waals surface area (Å²) in [6.45, 7) is 1.85. The van der Waals surface area contributed by atoms with Gasteiger partial charge in [-0.1, -0.05) is 29.8 Å². The second-order valence-corrected chi connectivity index (χ2v) is 11.1. The van der Waals surface area contributed by atoms with Crippen LogP contribution in [0.4, 0.5) is 10.3 Å². The first-order valence-corrected chi connectivity index (χ1v) is 14.1. The van der Waals surface area contributed by atoms with E-state index in [1.807, 2.05) is 0 Å². The number of primary sulfonamides is 1. The highest BCUT2D eigenvalue weighted by atomic mass is 35.5. The first-order valence-electron chi connectivity index (χ1n) is 11.3. The Balaban J connectivity index is 1.38. The normalized spacial score (nSPS) is 15.9. The SMILES string of the molecule is NS(=O)(=O)c1cccc(-c2ccc(Oc3ncsc3-c3ccnc(N[C@H]4CCCNC4)n3)c(F)c2)c1Cl. The minimum absolute atomic E-state index is 0.0599. The van der Waals surface area contributed by atoms with E-state index in [1.165, 1.54) is 35.6 Å². The van der Waals surface area contributed by atoms with Crippen LogP contribution in [0.15, 0.2) is 59.1 Å². The number of halogens is 2. The molecule has 13 heteroatoms. The number of sulfonamides is 1. The summed E-state index contributed by atoms with van der Waals surface area (Å²) in [6, 6.07) is 10.5. The van der Waals surface area contributed by atoms with Gasteiger partial charge in [-0.05, 0) is 49.2 Å². The lowest BCUT2D eigenvalue weighted by molar-refractivity contribution is 0.431. The Hall–Kier alpha value is -3.16. The quantitative estimate of drug-likeness (QED) is 0.297. The van der Waals surface area contributed by atoms with Gasteiger partial charge in [-0.25, -0.2) is 32.9 Å². The van der Waals surface area contributed by atoms with E-state index >= 15 is 4.39 Å². The minimum atomic E-state index is -4.03. The third kappa shape index (κ3) is 5.73. The van der Waals surface area contributed by atoms with Crippen molar-refractivity contribution in [2.45, 2.75) is 23.8 Å². The van der Waals surface area contributed by atoms with Crippen LogP contribution < -0.4 is 20.5 Å². The van der Waals surface area contributed by atoms with E-state index in [0.717, 1.165) is 25.9 Å². The maximum Gasteiger partial charge on any atom is 0.239 e. The third-order valence-electron chi connectivity index (χ3n) is 5.77. The number of nitrogens with two attached hydrogens (primary N) is 1. The van der Waals surface area contributed by atoms with Crippen LogP contribution in [0.25, 0.3) is 21.7 Å². The molecular weight excluding hydrogens is 539 g/mol. The highest BCUT2D eigenvalue weighted by Gasteiger charge is 2.20. The molecule has 37 heavy (non-hydrogen) atoms. The van der Waals surface area contributed by atoms with Crippen LogP contribution in [0, 0.1) is 5.82 Å². The van der Waals surface area contributed by atoms with Crippen LogP contribution in [0.3, 0.4) is 0 Å². The predicted molar refractivity (Wildman–Crippen MR) is 141 cm³/mol. The number of ether oxygens (including phenoxy) is 1. The average molecular weight is 561 g/mol. The van der Waals surface area contributed by atoms with Crippen molar-refractivity contribution in [1.82, 2.24) is 20.3 Å². The fourth-order valence-corrected chi connectivity index (χ4v) is 5.87. The van der Waals surface area contributed by atoms with E-state index in [0.29, 0.717) is 27.6 Å². The molecule has 2 aromatic carbocycles. The fourth-order valence-electron chi connectivity index (χ4n) is 4.00. The monoisotopic (exact) mass is 560 g/mol. The van der Waals surface area contributed by atoms with Crippen molar-refractivity contribution in [3.05, 3.63) is 65.0 Å². The first-order chi connectivity index (χ1) is 17.8. The van der Waals surface area contributed by atoms with Crippen LogP contribution in [0.5, 0.6) is 11.6 Å². The molecule has 0 spiro atoms. The standard InChI is InChI=1S/C24H22ClFN6O3S2/c25-21-16(4-1-5-20(21)37(27,33)34)14-6-7-19(17(26)11-14)35-23-22(36-13-30-23)18-8-10-29-24(32-18)31-15-3-2-9-28-12-15/h1,4-8,10-11,13,15,28H,2-3,9,12H2,(H2,27,33,34)(H,29,31,32)/t15-/m0/s1. The van der Waals surface area contributed by atoms with E-state index in [9.17, 15) is 8.42 Å². The van der Waals surface area contributed by atoms with Crippen molar-refractivity contribution in [1.29, 1.82) is 0 Å². The molecule has 4 N–H and O–H groups in total. The van der Waals surface area contributed by atoms with Gasteiger partial charge in [0.25, 0.3) is 0 Å². The Morgan fingerprint density at radius 1 is 1.22 bits per heavy atom. The molecule has 1 aliphatic heterocycles. The Kier molecular flexibility index (Phi) is 7.36. The highest BCUT2D eigenvalue weighted by molar-refractivity contribution is 7.89. The van der Waals surface area contributed by atoms with Gasteiger partial charge in [0, 0.05) is 24.3 Å². The molecular formula is C24H22ClFN6O3S2. The molecule has 9 nitrogen and oxygen atoms in total. The number of aromatic nitrogens is 3.